The molecule has 3 aromatic rings. The number of likely N-dealkylation sites (tertiary alicyclic amines) is 1. The van der Waals surface area contributed by atoms with Crippen molar-refractivity contribution in [3.8, 4) is 0 Å². The third-order valence-electron chi connectivity index (χ3n) is 8.31. The number of carbonyl (C=O) groups excluding carboxylic acids is 2. The lowest BCUT2D eigenvalue weighted by Gasteiger charge is -2.34. The first kappa shape index (κ1) is 29.8. The predicted molar refractivity (Wildman–Crippen MR) is 153 cm³/mol. The second kappa shape index (κ2) is 13.5. The van der Waals surface area contributed by atoms with E-state index in [4.69, 9.17) is 0 Å². The van der Waals surface area contributed by atoms with Crippen molar-refractivity contribution in [3.63, 3.8) is 0 Å². The summed E-state index contributed by atoms with van der Waals surface area (Å²) in [4.78, 5) is 29.1. The highest BCUT2D eigenvalue weighted by molar-refractivity contribution is 5.95. The van der Waals surface area contributed by atoms with E-state index in [0.717, 1.165) is 56.1 Å². The van der Waals surface area contributed by atoms with E-state index in [1.54, 1.807) is 12.1 Å². The van der Waals surface area contributed by atoms with E-state index in [-0.39, 0.29) is 30.6 Å². The van der Waals surface area contributed by atoms with Crippen LogP contribution in [0.2, 0.25) is 0 Å². The predicted octanol–water partition coefficient (Wildman–Crippen LogP) is 5.93. The van der Waals surface area contributed by atoms with Gasteiger partial charge in [0.05, 0.1) is 0 Å². The zero-order valence-electron chi connectivity index (χ0n) is 23.4. The number of hydrogen-bond acceptors (Lipinski definition) is 4. The molecule has 2 unspecified atom stereocenters. The third kappa shape index (κ3) is 7.56. The molecule has 1 saturated heterocycles. The van der Waals surface area contributed by atoms with E-state index >= 15 is 0 Å². The molecule has 1 heterocycles. The normalized spacial score (nSPS) is 21.0. The Hall–Kier alpha value is -3.72. The summed E-state index contributed by atoms with van der Waals surface area (Å²) < 4.78 is 54.7. The molecule has 2 fully saturated rings. The second-order valence-corrected chi connectivity index (χ2v) is 11.4. The van der Waals surface area contributed by atoms with Crippen molar-refractivity contribution in [1.29, 1.82) is 0 Å². The molecule has 42 heavy (non-hydrogen) atoms. The molecule has 1 aliphatic carbocycles. The van der Waals surface area contributed by atoms with Gasteiger partial charge in [0, 0.05) is 42.2 Å². The first-order valence-corrected chi connectivity index (χ1v) is 14.5. The second-order valence-electron chi connectivity index (χ2n) is 11.4. The van der Waals surface area contributed by atoms with Crippen LogP contribution in [0.25, 0.3) is 0 Å². The molecule has 9 heteroatoms. The highest BCUT2D eigenvalue weighted by Crippen LogP contribution is 2.32. The molecule has 5 nitrogen and oxygen atoms in total. The average Bonchev–Trinajstić information content (AvgIpc) is 3.49. The lowest BCUT2D eigenvalue weighted by molar-refractivity contribution is -0.129. The average molecular weight is 582 g/mol. The Kier molecular flexibility index (Phi) is 9.57. The molecule has 2 atom stereocenters. The monoisotopic (exact) mass is 581 g/mol. The zero-order chi connectivity index (χ0) is 29.6. The third-order valence-corrected chi connectivity index (χ3v) is 8.31. The fourth-order valence-corrected chi connectivity index (χ4v) is 6.11. The van der Waals surface area contributed by atoms with Gasteiger partial charge in [0.25, 0.3) is 5.91 Å². The highest BCUT2D eigenvalue weighted by atomic mass is 19.2. The van der Waals surface area contributed by atoms with Gasteiger partial charge in [0.1, 0.15) is 5.78 Å². The molecule has 2 N–H and O–H groups in total. The van der Waals surface area contributed by atoms with E-state index in [1.165, 1.54) is 25.0 Å². The fraction of sp³-hybridized carbons (Fsp3) is 0.394. The number of nitrogens with zero attached hydrogens (tertiary/aromatic N) is 1. The van der Waals surface area contributed by atoms with E-state index in [1.807, 2.05) is 12.1 Å². The van der Waals surface area contributed by atoms with Crippen molar-refractivity contribution in [1.82, 2.24) is 10.2 Å². The number of benzene rings is 3. The number of nitrogens with one attached hydrogen (secondary N) is 2. The molecule has 1 saturated carbocycles. The molecule has 1 amide bonds. The Morgan fingerprint density at radius 2 is 1.31 bits per heavy atom. The first-order valence-electron chi connectivity index (χ1n) is 14.5. The number of carbonyl (C=O) groups is 2. The molecular weight excluding hydrogens is 546 g/mol. The van der Waals surface area contributed by atoms with Crippen LogP contribution in [-0.4, -0.2) is 48.8 Å². The van der Waals surface area contributed by atoms with E-state index in [9.17, 15) is 27.2 Å². The summed E-state index contributed by atoms with van der Waals surface area (Å²) in [7, 11) is 0. The van der Waals surface area contributed by atoms with E-state index < -0.39 is 35.1 Å². The van der Waals surface area contributed by atoms with Gasteiger partial charge in [0.2, 0.25) is 0 Å². The molecule has 0 aromatic heterocycles. The number of Topliss-reactive ketones (excluding diaryl/α,β-unsaturated/α-hetero) is 1. The Labute approximate surface area is 243 Å². The van der Waals surface area contributed by atoms with Crippen LogP contribution in [0, 0.1) is 35.1 Å². The van der Waals surface area contributed by atoms with Crippen LogP contribution in [0.15, 0.2) is 60.7 Å². The smallest absolute Gasteiger partial charge is 0.251 e. The zero-order valence-corrected chi connectivity index (χ0v) is 23.4. The van der Waals surface area contributed by atoms with Gasteiger partial charge in [-0.25, -0.2) is 17.6 Å². The van der Waals surface area contributed by atoms with Crippen LogP contribution < -0.4 is 10.6 Å². The number of rotatable bonds is 10. The summed E-state index contributed by atoms with van der Waals surface area (Å²) in [5, 5.41) is 6.43. The fourth-order valence-electron chi connectivity index (χ4n) is 6.11. The minimum absolute atomic E-state index is 0.0978. The molecule has 0 bridgehead atoms. The van der Waals surface area contributed by atoms with Gasteiger partial charge in [-0.15, -0.1) is 0 Å². The Bertz CT molecular complexity index is 1340. The summed E-state index contributed by atoms with van der Waals surface area (Å²) in [6, 6.07) is 13.9. The quantitative estimate of drug-likeness (QED) is 0.292. The molecule has 3 aromatic carbocycles. The topological polar surface area (TPSA) is 61.4 Å². The molecule has 222 valence electrons. The maximum Gasteiger partial charge on any atom is 0.251 e. The molecular formula is C33H35F4N3O2. The van der Waals surface area contributed by atoms with Gasteiger partial charge >= 0.3 is 0 Å². The molecule has 5 rings (SSSR count). The van der Waals surface area contributed by atoms with Gasteiger partial charge in [-0.3, -0.25) is 9.59 Å². The largest absolute Gasteiger partial charge is 0.384 e. The first-order chi connectivity index (χ1) is 20.2. The standard InChI is InChI=1S/C33H35F4N3O2/c34-28-9-3-21(17-30(28)36)15-24-19-27(20-25(32(24)41)16-22-4-10-29(35)31(37)18-22)39-33(42)23-5-7-26(8-6-23)38-11-14-40-12-1-2-13-40/h3-10,17-18,24-25,27,38H,1-2,11-16,19-20H2,(H,39,42). The Morgan fingerprint density at radius 3 is 1.83 bits per heavy atom. The SMILES string of the molecule is O=C(NC1CC(Cc2ccc(F)c(F)c2)C(=O)C(Cc2ccc(F)c(F)c2)C1)c1ccc(NCCN2CCCC2)cc1. The van der Waals surface area contributed by atoms with Crippen LogP contribution in [0.3, 0.4) is 0 Å². The van der Waals surface area contributed by atoms with E-state index in [2.05, 4.69) is 15.5 Å². The summed E-state index contributed by atoms with van der Waals surface area (Å²) >= 11 is 0. The van der Waals surface area contributed by atoms with Crippen molar-refractivity contribution in [2.75, 3.05) is 31.5 Å². The number of halogens is 4. The summed E-state index contributed by atoms with van der Waals surface area (Å²) in [6.07, 6.45) is 3.50. The molecule has 0 radical (unpaired) electrons. The lowest BCUT2D eigenvalue weighted by Crippen LogP contribution is -2.46. The van der Waals surface area contributed by atoms with Gasteiger partial charge < -0.3 is 15.5 Å². The van der Waals surface area contributed by atoms with Crippen molar-refractivity contribution < 1.29 is 27.2 Å². The van der Waals surface area contributed by atoms with Gasteiger partial charge in [-0.1, -0.05) is 12.1 Å². The van der Waals surface area contributed by atoms with Crippen LogP contribution in [0.1, 0.15) is 47.2 Å². The lowest BCUT2D eigenvalue weighted by atomic mass is 9.73. The minimum atomic E-state index is -0.993. The van der Waals surface area contributed by atoms with Crippen LogP contribution in [0.5, 0.6) is 0 Å². The van der Waals surface area contributed by atoms with Crippen LogP contribution in [0.4, 0.5) is 23.2 Å². The molecule has 0 spiro atoms. The van der Waals surface area contributed by atoms with Crippen molar-refractivity contribution in [3.05, 3.63) is 101 Å². The van der Waals surface area contributed by atoms with Crippen molar-refractivity contribution in [2.45, 2.75) is 44.6 Å². The van der Waals surface area contributed by atoms with Gasteiger partial charge in [-0.05, 0) is 111 Å². The van der Waals surface area contributed by atoms with E-state index in [0.29, 0.717) is 29.5 Å². The summed E-state index contributed by atoms with van der Waals surface area (Å²) in [5.74, 6) is -5.43. The van der Waals surface area contributed by atoms with Crippen molar-refractivity contribution >= 4 is 17.4 Å². The Morgan fingerprint density at radius 1 is 0.762 bits per heavy atom. The number of amides is 1. The highest BCUT2D eigenvalue weighted by Gasteiger charge is 2.37. The summed E-state index contributed by atoms with van der Waals surface area (Å²) in [5.41, 5.74) is 2.34. The van der Waals surface area contributed by atoms with Gasteiger partial charge in [0.15, 0.2) is 23.3 Å². The van der Waals surface area contributed by atoms with Crippen molar-refractivity contribution in [2.24, 2.45) is 11.8 Å². The Balaban J connectivity index is 1.25. The number of hydrogen-bond donors (Lipinski definition) is 2. The number of ketones is 1. The number of anilines is 1. The maximum atomic E-state index is 13.9. The van der Waals surface area contributed by atoms with Crippen LogP contribution in [-0.2, 0) is 17.6 Å². The van der Waals surface area contributed by atoms with Gasteiger partial charge in [-0.2, -0.15) is 0 Å². The minimum Gasteiger partial charge on any atom is -0.384 e. The molecule has 1 aliphatic heterocycles. The van der Waals surface area contributed by atoms with Crippen LogP contribution >= 0.6 is 0 Å². The maximum absolute atomic E-state index is 13.9. The summed E-state index contributed by atoms with van der Waals surface area (Å²) in [6.45, 7) is 4.06. The molecule has 2 aliphatic rings.